The van der Waals surface area contributed by atoms with E-state index >= 15 is 0 Å². The highest BCUT2D eigenvalue weighted by Gasteiger charge is 2.69. The molecule has 1 aromatic carbocycles. The van der Waals surface area contributed by atoms with E-state index in [1.807, 2.05) is 30.3 Å². The average Bonchev–Trinajstić information content (AvgIpc) is 3.30. The summed E-state index contributed by atoms with van der Waals surface area (Å²) < 4.78 is 6.19. The molecule has 2 aliphatic rings. The quantitative estimate of drug-likeness (QED) is 0.113. The van der Waals surface area contributed by atoms with Gasteiger partial charge in [0.25, 0.3) is 5.66 Å². The van der Waals surface area contributed by atoms with E-state index in [1.54, 1.807) is 19.6 Å². The van der Waals surface area contributed by atoms with Gasteiger partial charge in [0.15, 0.2) is 0 Å². The summed E-state index contributed by atoms with van der Waals surface area (Å²) in [6.07, 6.45) is -0.597. The summed E-state index contributed by atoms with van der Waals surface area (Å²) in [7, 11) is 0. The molecule has 2 atom stereocenters. The fraction of sp³-hybridized carbons (Fsp3) is 0.667. The third kappa shape index (κ3) is 9.42. The molecule has 16 nitrogen and oxygen atoms in total. The number of aliphatic carboxylic acids is 4. The summed E-state index contributed by atoms with van der Waals surface area (Å²) in [4.78, 5) is 55.5. The number of quaternary nitrogens is 1. The van der Waals surface area contributed by atoms with Crippen molar-refractivity contribution in [2.45, 2.75) is 24.8 Å². The van der Waals surface area contributed by atoms with Crippen molar-refractivity contribution >= 4 is 23.9 Å². The topological polar surface area (TPSA) is 212 Å². The number of hydrogen-bond donors (Lipinski definition) is 6. The molecule has 46 heavy (non-hydrogen) atoms. The van der Waals surface area contributed by atoms with Gasteiger partial charge in [-0.1, -0.05) is 30.3 Å². The average molecular weight is 655 g/mol. The first-order valence-corrected chi connectivity index (χ1v) is 15.5. The molecule has 0 bridgehead atoms. The third-order valence-corrected chi connectivity index (χ3v) is 9.05. The minimum atomic E-state index is -1.82. The molecule has 16 heteroatoms. The molecule has 1 aromatic rings. The van der Waals surface area contributed by atoms with Gasteiger partial charge in [-0.05, 0) is 5.56 Å². The maximum Gasteiger partial charge on any atom is 0.385 e. The van der Waals surface area contributed by atoms with Gasteiger partial charge in [0, 0.05) is 58.8 Å². The molecule has 0 spiro atoms. The number of aliphatic hydroxyl groups is 2. The zero-order chi connectivity index (χ0) is 33.7. The van der Waals surface area contributed by atoms with Gasteiger partial charge < -0.3 is 35.4 Å². The Labute approximate surface area is 268 Å². The van der Waals surface area contributed by atoms with E-state index in [2.05, 4.69) is 0 Å². The summed E-state index contributed by atoms with van der Waals surface area (Å²) in [5, 5.41) is 60.3. The Hall–Kier alpha value is -3.22. The zero-order valence-corrected chi connectivity index (χ0v) is 26.2. The molecular formula is C30H48N5O11+. The van der Waals surface area contributed by atoms with Gasteiger partial charge in [-0.2, -0.15) is 0 Å². The van der Waals surface area contributed by atoms with Crippen molar-refractivity contribution in [1.82, 2.24) is 19.6 Å². The van der Waals surface area contributed by atoms with Crippen LogP contribution < -0.4 is 0 Å². The second-order valence-electron chi connectivity index (χ2n) is 11.9. The number of carboxylic acids is 4. The minimum absolute atomic E-state index is 0.0103. The first-order valence-electron chi connectivity index (χ1n) is 15.5. The standard InChI is InChI=1S/C30H47N5O11/c36-18-16-35(17-19-37)15-6-25(46-23-24-4-2-1-3-5-24)30(35,29(44)45)34-13-11-32(21-27(40)41)9-7-31(20-26(38)39)8-10-33(12-14-34)22-28(42)43/h1-5,25,36-37H,6-23H2,(H3-,38,39,40,41,42,43,44,45)/p+1/t25?,30-/m0/s1. The van der Waals surface area contributed by atoms with Gasteiger partial charge in [-0.3, -0.25) is 33.6 Å². The Morgan fingerprint density at radius 1 is 0.717 bits per heavy atom. The highest BCUT2D eigenvalue weighted by atomic mass is 16.5. The number of carbonyl (C=O) groups is 4. The summed E-state index contributed by atoms with van der Waals surface area (Å²) in [6, 6.07) is 9.26. The van der Waals surface area contributed by atoms with Crippen LogP contribution in [0.1, 0.15) is 12.0 Å². The SMILES string of the molecule is O=C(O)CN1CCN(CC(=O)O)CCN([C@@]2(C(=O)O)C(OCc3ccccc3)CC[N+]2(CCO)CCO)CCN(CC(=O)O)CC1. The molecule has 258 valence electrons. The number of nitrogens with zero attached hydrogens (tertiary/aromatic N) is 5. The Morgan fingerprint density at radius 2 is 1.15 bits per heavy atom. The third-order valence-electron chi connectivity index (χ3n) is 9.05. The fourth-order valence-corrected chi connectivity index (χ4v) is 6.98. The van der Waals surface area contributed by atoms with Crippen LogP contribution in [0.4, 0.5) is 0 Å². The van der Waals surface area contributed by atoms with E-state index in [1.165, 1.54) is 0 Å². The van der Waals surface area contributed by atoms with Gasteiger partial charge in [0.2, 0.25) is 0 Å². The van der Waals surface area contributed by atoms with Crippen molar-refractivity contribution in [2.24, 2.45) is 0 Å². The number of aliphatic hydroxyl groups excluding tert-OH is 2. The van der Waals surface area contributed by atoms with Crippen LogP contribution in [0.5, 0.6) is 0 Å². The lowest BCUT2D eigenvalue weighted by molar-refractivity contribution is -0.969. The number of hydrogen-bond acceptors (Lipinski definition) is 11. The molecule has 2 fully saturated rings. The van der Waals surface area contributed by atoms with Crippen LogP contribution in [0.15, 0.2) is 30.3 Å². The normalized spacial score (nSPS) is 24.2. The first kappa shape index (κ1) is 37.2. The highest BCUT2D eigenvalue weighted by molar-refractivity contribution is 5.78. The minimum Gasteiger partial charge on any atom is -0.480 e. The van der Waals surface area contributed by atoms with E-state index in [4.69, 9.17) is 4.74 Å². The molecule has 2 heterocycles. The Kier molecular flexibility index (Phi) is 14.3. The summed E-state index contributed by atoms with van der Waals surface area (Å²) >= 11 is 0. The highest BCUT2D eigenvalue weighted by Crippen LogP contribution is 2.43. The van der Waals surface area contributed by atoms with Crippen LogP contribution in [-0.4, -0.2) is 195 Å². The number of rotatable bonds is 15. The number of ether oxygens (including phenoxy) is 1. The molecule has 0 radical (unpaired) electrons. The molecule has 1 unspecified atom stereocenters. The lowest BCUT2D eigenvalue weighted by Crippen LogP contribution is -2.78. The molecule has 0 saturated carbocycles. The lowest BCUT2D eigenvalue weighted by Gasteiger charge is -2.52. The lowest BCUT2D eigenvalue weighted by atomic mass is 9.97. The van der Waals surface area contributed by atoms with Crippen molar-refractivity contribution in [3.05, 3.63) is 35.9 Å². The van der Waals surface area contributed by atoms with Crippen LogP contribution in [0.2, 0.25) is 0 Å². The number of likely N-dealkylation sites (tertiary alicyclic amines) is 1. The van der Waals surface area contributed by atoms with Crippen molar-refractivity contribution in [3.63, 3.8) is 0 Å². The Morgan fingerprint density at radius 3 is 1.54 bits per heavy atom. The second kappa shape index (κ2) is 17.6. The maximum absolute atomic E-state index is 13.8. The smallest absolute Gasteiger partial charge is 0.385 e. The predicted molar refractivity (Wildman–Crippen MR) is 163 cm³/mol. The molecule has 3 rings (SSSR count). The molecule has 2 aliphatic heterocycles. The van der Waals surface area contributed by atoms with Crippen molar-refractivity contribution in [3.8, 4) is 0 Å². The van der Waals surface area contributed by atoms with Gasteiger partial charge in [-0.25, -0.2) is 9.69 Å². The largest absolute Gasteiger partial charge is 0.480 e. The second-order valence-corrected chi connectivity index (χ2v) is 11.9. The van der Waals surface area contributed by atoms with Crippen LogP contribution >= 0.6 is 0 Å². The molecule has 0 amide bonds. The summed E-state index contributed by atoms with van der Waals surface area (Å²) in [5.74, 6) is -4.49. The van der Waals surface area contributed by atoms with Crippen molar-refractivity contribution in [2.75, 3.05) is 105 Å². The van der Waals surface area contributed by atoms with Gasteiger partial charge >= 0.3 is 23.9 Å². The van der Waals surface area contributed by atoms with Gasteiger partial charge in [-0.15, -0.1) is 0 Å². The molecule has 2 saturated heterocycles. The van der Waals surface area contributed by atoms with Crippen LogP contribution in [-0.2, 0) is 30.5 Å². The molecule has 0 aromatic heterocycles. The summed E-state index contributed by atoms with van der Waals surface area (Å²) in [5.41, 5.74) is -0.986. The van der Waals surface area contributed by atoms with E-state index in [0.717, 1.165) is 5.56 Å². The zero-order valence-electron chi connectivity index (χ0n) is 26.2. The molecule has 0 aliphatic carbocycles. The van der Waals surface area contributed by atoms with E-state index in [0.29, 0.717) is 6.42 Å². The van der Waals surface area contributed by atoms with E-state index < -0.39 is 35.6 Å². The molecule has 6 N–H and O–H groups in total. The van der Waals surface area contributed by atoms with Gasteiger partial charge in [0.1, 0.15) is 19.2 Å². The van der Waals surface area contributed by atoms with Crippen LogP contribution in [0, 0.1) is 0 Å². The van der Waals surface area contributed by atoms with Crippen LogP contribution in [0.3, 0.4) is 0 Å². The summed E-state index contributed by atoms with van der Waals surface area (Å²) in [6.45, 7) is -0.292. The first-order chi connectivity index (χ1) is 22.0. The van der Waals surface area contributed by atoms with E-state index in [9.17, 15) is 49.8 Å². The number of benzene rings is 1. The van der Waals surface area contributed by atoms with Crippen molar-refractivity contribution in [1.29, 1.82) is 0 Å². The van der Waals surface area contributed by atoms with Crippen molar-refractivity contribution < 1.29 is 59.0 Å². The number of carboxylic acid groups (broad SMARTS) is 4. The monoisotopic (exact) mass is 654 g/mol. The predicted octanol–water partition coefficient (Wildman–Crippen LogP) is -1.97. The van der Waals surface area contributed by atoms with Gasteiger partial charge in [0.05, 0.1) is 46.0 Å². The molecular weight excluding hydrogens is 606 g/mol. The Bertz CT molecular complexity index is 1120. The fourth-order valence-electron chi connectivity index (χ4n) is 6.98. The van der Waals surface area contributed by atoms with E-state index in [-0.39, 0.29) is 116 Å². The van der Waals surface area contributed by atoms with Crippen LogP contribution in [0.25, 0.3) is 0 Å². The Balaban J connectivity index is 2.09. The maximum atomic E-state index is 13.8.